The van der Waals surface area contributed by atoms with Crippen molar-refractivity contribution in [3.8, 4) is 0 Å². The van der Waals surface area contributed by atoms with E-state index in [1.54, 1.807) is 12.1 Å². The maximum absolute atomic E-state index is 13.6. The Kier molecular flexibility index (Phi) is 6.87. The number of nitrogens with one attached hydrogen (secondary N) is 2. The highest BCUT2D eigenvalue weighted by molar-refractivity contribution is 5.99. The van der Waals surface area contributed by atoms with E-state index < -0.39 is 23.4 Å². The molecule has 0 atom stereocenters. The fourth-order valence-corrected chi connectivity index (χ4v) is 2.72. The zero-order valence-electron chi connectivity index (χ0n) is 15.6. The van der Waals surface area contributed by atoms with Gasteiger partial charge < -0.3 is 15.5 Å². The summed E-state index contributed by atoms with van der Waals surface area (Å²) in [4.78, 5) is 26.1. The van der Waals surface area contributed by atoms with Crippen molar-refractivity contribution in [1.29, 1.82) is 0 Å². The summed E-state index contributed by atoms with van der Waals surface area (Å²) in [6, 6.07) is 10.4. The summed E-state index contributed by atoms with van der Waals surface area (Å²) < 4.78 is 26.4. The third-order valence-electron chi connectivity index (χ3n) is 4.03. The van der Waals surface area contributed by atoms with Gasteiger partial charge in [0.05, 0.1) is 12.1 Å². The number of benzene rings is 2. The van der Waals surface area contributed by atoms with Crippen molar-refractivity contribution in [2.75, 3.05) is 23.3 Å². The summed E-state index contributed by atoms with van der Waals surface area (Å²) in [5.74, 6) is -2.98. The second-order valence-electron chi connectivity index (χ2n) is 6.28. The lowest BCUT2D eigenvalue weighted by Gasteiger charge is -2.27. The van der Waals surface area contributed by atoms with Crippen molar-refractivity contribution in [2.45, 2.75) is 26.8 Å². The molecule has 2 rings (SSSR count). The number of anilines is 2. The molecule has 2 N–H and O–H groups in total. The van der Waals surface area contributed by atoms with E-state index >= 15 is 0 Å². The van der Waals surface area contributed by atoms with Crippen LogP contribution in [0.1, 0.15) is 31.1 Å². The molecule has 0 bridgehead atoms. The van der Waals surface area contributed by atoms with Crippen molar-refractivity contribution >= 4 is 23.2 Å². The van der Waals surface area contributed by atoms with Gasteiger partial charge in [-0.2, -0.15) is 0 Å². The van der Waals surface area contributed by atoms with E-state index in [0.29, 0.717) is 17.8 Å². The molecule has 0 aliphatic rings. The zero-order valence-corrected chi connectivity index (χ0v) is 15.6. The van der Waals surface area contributed by atoms with E-state index in [1.807, 2.05) is 12.1 Å². The molecule has 0 saturated heterocycles. The van der Waals surface area contributed by atoms with Gasteiger partial charge in [0.1, 0.15) is 11.6 Å². The van der Waals surface area contributed by atoms with Gasteiger partial charge in [0.25, 0.3) is 5.91 Å². The van der Waals surface area contributed by atoms with Crippen LogP contribution in [-0.2, 0) is 4.79 Å². The third-order valence-corrected chi connectivity index (χ3v) is 4.03. The van der Waals surface area contributed by atoms with Crippen LogP contribution in [-0.4, -0.2) is 30.9 Å². The molecular weight excluding hydrogens is 352 g/mol. The molecule has 0 radical (unpaired) electrons. The number of hydrogen-bond donors (Lipinski definition) is 2. The molecule has 0 heterocycles. The summed E-state index contributed by atoms with van der Waals surface area (Å²) in [5.41, 5.74) is 1.32. The SMILES string of the molecule is CCN(c1ccc(NC(=O)CNC(=O)c2ccc(F)cc2F)cc1)C(C)C. The monoisotopic (exact) mass is 375 g/mol. The fraction of sp³-hybridized carbons (Fsp3) is 0.300. The Balaban J connectivity index is 1.91. The first-order chi connectivity index (χ1) is 12.8. The first kappa shape index (κ1) is 20.4. The number of amides is 2. The Bertz CT molecular complexity index is 807. The molecule has 0 aliphatic heterocycles. The molecule has 2 aromatic rings. The van der Waals surface area contributed by atoms with Gasteiger partial charge >= 0.3 is 0 Å². The molecule has 2 aromatic carbocycles. The molecule has 0 saturated carbocycles. The fourth-order valence-electron chi connectivity index (χ4n) is 2.72. The Hall–Kier alpha value is -2.96. The van der Waals surface area contributed by atoms with E-state index in [2.05, 4.69) is 36.3 Å². The van der Waals surface area contributed by atoms with Gasteiger partial charge in [0, 0.05) is 30.0 Å². The predicted octanol–water partition coefficient (Wildman–Crippen LogP) is 3.57. The highest BCUT2D eigenvalue weighted by Gasteiger charge is 2.14. The van der Waals surface area contributed by atoms with Crippen LogP contribution in [0, 0.1) is 11.6 Å². The van der Waals surface area contributed by atoms with Gasteiger partial charge in [-0.1, -0.05) is 0 Å². The maximum atomic E-state index is 13.6. The summed E-state index contributed by atoms with van der Waals surface area (Å²) in [7, 11) is 0. The second-order valence-corrected chi connectivity index (χ2v) is 6.28. The number of carbonyl (C=O) groups excluding carboxylic acids is 2. The highest BCUT2D eigenvalue weighted by Crippen LogP contribution is 2.19. The van der Waals surface area contributed by atoms with E-state index in [-0.39, 0.29) is 12.1 Å². The molecule has 5 nitrogen and oxygen atoms in total. The van der Waals surface area contributed by atoms with Gasteiger partial charge in [-0.15, -0.1) is 0 Å². The van der Waals surface area contributed by atoms with E-state index in [9.17, 15) is 18.4 Å². The van der Waals surface area contributed by atoms with Gasteiger partial charge in [0.15, 0.2) is 0 Å². The third kappa shape index (κ3) is 5.51. The standard InChI is InChI=1S/C20H23F2N3O2/c1-4-25(13(2)3)16-8-6-15(7-9-16)24-19(26)12-23-20(27)17-10-5-14(21)11-18(17)22/h5-11,13H,4,12H2,1-3H3,(H,23,27)(H,24,26). The van der Waals surface area contributed by atoms with Crippen LogP contribution in [0.4, 0.5) is 20.2 Å². The molecule has 7 heteroatoms. The average Bonchev–Trinajstić information content (AvgIpc) is 2.61. The van der Waals surface area contributed by atoms with Crippen LogP contribution >= 0.6 is 0 Å². The molecule has 0 aliphatic carbocycles. The lowest BCUT2D eigenvalue weighted by atomic mass is 10.2. The molecule has 2 amide bonds. The largest absolute Gasteiger partial charge is 0.369 e. The Labute approximate surface area is 157 Å². The minimum atomic E-state index is -0.978. The van der Waals surface area contributed by atoms with Crippen molar-refractivity contribution in [3.05, 3.63) is 59.7 Å². The lowest BCUT2D eigenvalue weighted by Crippen LogP contribution is -2.33. The first-order valence-electron chi connectivity index (χ1n) is 8.71. The minimum absolute atomic E-state index is 0.318. The van der Waals surface area contributed by atoms with Crippen molar-refractivity contribution < 1.29 is 18.4 Å². The Morgan fingerprint density at radius 2 is 1.74 bits per heavy atom. The van der Waals surface area contributed by atoms with Crippen molar-refractivity contribution in [3.63, 3.8) is 0 Å². The van der Waals surface area contributed by atoms with Crippen LogP contribution in [0.25, 0.3) is 0 Å². The average molecular weight is 375 g/mol. The molecule has 0 unspecified atom stereocenters. The molecule has 27 heavy (non-hydrogen) atoms. The first-order valence-corrected chi connectivity index (χ1v) is 8.71. The van der Waals surface area contributed by atoms with Crippen LogP contribution in [0.5, 0.6) is 0 Å². The number of nitrogens with zero attached hydrogens (tertiary/aromatic N) is 1. The van der Waals surface area contributed by atoms with Crippen LogP contribution in [0.15, 0.2) is 42.5 Å². The molecule has 0 spiro atoms. The van der Waals surface area contributed by atoms with E-state index in [1.165, 1.54) is 0 Å². The summed E-state index contributed by atoms with van der Waals surface area (Å²) in [6.07, 6.45) is 0. The van der Waals surface area contributed by atoms with Crippen molar-refractivity contribution in [2.24, 2.45) is 0 Å². The normalized spacial score (nSPS) is 10.6. The number of rotatable bonds is 7. The predicted molar refractivity (Wildman–Crippen MR) is 102 cm³/mol. The number of halogens is 2. The molecule has 0 aromatic heterocycles. The number of hydrogen-bond acceptors (Lipinski definition) is 3. The highest BCUT2D eigenvalue weighted by atomic mass is 19.1. The second kappa shape index (κ2) is 9.12. The smallest absolute Gasteiger partial charge is 0.254 e. The van der Waals surface area contributed by atoms with E-state index in [4.69, 9.17) is 0 Å². The molecular formula is C20H23F2N3O2. The van der Waals surface area contributed by atoms with Crippen LogP contribution in [0.3, 0.4) is 0 Å². The van der Waals surface area contributed by atoms with Gasteiger partial charge in [-0.05, 0) is 57.2 Å². The summed E-state index contributed by atoms with van der Waals surface area (Å²) >= 11 is 0. The zero-order chi connectivity index (χ0) is 20.0. The van der Waals surface area contributed by atoms with Crippen LogP contribution < -0.4 is 15.5 Å². The molecule has 144 valence electrons. The van der Waals surface area contributed by atoms with Crippen molar-refractivity contribution in [1.82, 2.24) is 5.32 Å². The maximum Gasteiger partial charge on any atom is 0.254 e. The topological polar surface area (TPSA) is 61.4 Å². The summed E-state index contributed by atoms with van der Waals surface area (Å²) in [6.45, 7) is 6.82. The quantitative estimate of drug-likeness (QED) is 0.778. The van der Waals surface area contributed by atoms with Gasteiger partial charge in [-0.3, -0.25) is 9.59 Å². The van der Waals surface area contributed by atoms with Gasteiger partial charge in [-0.25, -0.2) is 8.78 Å². The molecule has 0 fully saturated rings. The minimum Gasteiger partial charge on any atom is -0.369 e. The summed E-state index contributed by atoms with van der Waals surface area (Å²) in [5, 5.41) is 4.97. The lowest BCUT2D eigenvalue weighted by molar-refractivity contribution is -0.115. The number of carbonyl (C=O) groups is 2. The van der Waals surface area contributed by atoms with E-state index in [0.717, 1.165) is 24.4 Å². The van der Waals surface area contributed by atoms with Gasteiger partial charge in [0.2, 0.25) is 5.91 Å². The Morgan fingerprint density at radius 3 is 2.30 bits per heavy atom. The Morgan fingerprint density at radius 1 is 1.07 bits per heavy atom. The van der Waals surface area contributed by atoms with Crippen LogP contribution in [0.2, 0.25) is 0 Å².